The van der Waals surface area contributed by atoms with Crippen molar-refractivity contribution in [3.8, 4) is 0 Å². The standard InChI is InChI=1S/C12H11BClNO/c13-9-5-3-7-12(15,11(9)16)8-4-1-2-6-10(8)14/h1-2,4-6H,3,7,15H2. The Morgan fingerprint density at radius 2 is 2.06 bits per heavy atom. The van der Waals surface area contributed by atoms with Crippen LogP contribution in [0.15, 0.2) is 35.8 Å². The summed E-state index contributed by atoms with van der Waals surface area (Å²) < 4.78 is 0. The molecule has 0 heterocycles. The first-order valence-corrected chi connectivity index (χ1v) is 5.48. The molecule has 0 saturated carbocycles. The van der Waals surface area contributed by atoms with Gasteiger partial charge in [-0.3, -0.25) is 4.79 Å². The van der Waals surface area contributed by atoms with Gasteiger partial charge in [0.25, 0.3) is 0 Å². The number of nitrogens with two attached hydrogens (primary N) is 1. The second-order valence-corrected chi connectivity index (χ2v) is 4.39. The van der Waals surface area contributed by atoms with Crippen molar-refractivity contribution in [2.24, 2.45) is 5.73 Å². The number of halogens is 1. The number of Topliss-reactive ketones (excluding diaryl/α,β-unsaturated/α-hetero) is 1. The minimum Gasteiger partial charge on any atom is -0.315 e. The zero-order chi connectivity index (χ0) is 11.8. The van der Waals surface area contributed by atoms with Crippen LogP contribution < -0.4 is 5.73 Å². The molecule has 2 N–H and O–H groups in total. The third-order valence-corrected chi connectivity index (χ3v) is 3.25. The highest BCUT2D eigenvalue weighted by atomic mass is 35.5. The van der Waals surface area contributed by atoms with Crippen LogP contribution in [0.4, 0.5) is 0 Å². The molecule has 0 bridgehead atoms. The van der Waals surface area contributed by atoms with Gasteiger partial charge in [-0.1, -0.05) is 41.3 Å². The summed E-state index contributed by atoms with van der Waals surface area (Å²) in [5.74, 6) is -0.244. The normalized spacial score (nSPS) is 25.4. The van der Waals surface area contributed by atoms with Gasteiger partial charge in [0.15, 0.2) is 5.78 Å². The maximum Gasteiger partial charge on any atom is 0.172 e. The molecule has 0 spiro atoms. The fraction of sp³-hybridized carbons (Fsp3) is 0.250. The lowest BCUT2D eigenvalue weighted by Gasteiger charge is -2.32. The zero-order valence-corrected chi connectivity index (χ0v) is 9.50. The van der Waals surface area contributed by atoms with E-state index in [1.807, 2.05) is 12.1 Å². The molecule has 80 valence electrons. The van der Waals surface area contributed by atoms with E-state index in [4.69, 9.17) is 25.2 Å². The van der Waals surface area contributed by atoms with Gasteiger partial charge in [-0.05, 0) is 24.5 Å². The van der Waals surface area contributed by atoms with Crippen molar-refractivity contribution >= 4 is 25.2 Å². The van der Waals surface area contributed by atoms with Crippen molar-refractivity contribution < 1.29 is 4.79 Å². The summed E-state index contributed by atoms with van der Waals surface area (Å²) in [5, 5.41) is 0.507. The van der Waals surface area contributed by atoms with Gasteiger partial charge >= 0.3 is 0 Å². The molecule has 4 heteroatoms. The number of ketones is 1. The Labute approximate surface area is 101 Å². The number of carbonyl (C=O) groups is 1. The van der Waals surface area contributed by atoms with Crippen molar-refractivity contribution in [3.05, 3.63) is 46.4 Å². The van der Waals surface area contributed by atoms with E-state index in [-0.39, 0.29) is 11.3 Å². The number of rotatable bonds is 1. The Morgan fingerprint density at radius 3 is 2.75 bits per heavy atom. The molecular weight excluding hydrogens is 220 g/mol. The lowest BCUT2D eigenvalue weighted by Crippen LogP contribution is -2.47. The van der Waals surface area contributed by atoms with Crippen molar-refractivity contribution in [2.45, 2.75) is 18.4 Å². The van der Waals surface area contributed by atoms with E-state index in [1.54, 1.807) is 18.2 Å². The molecule has 1 atom stereocenters. The average molecular weight is 231 g/mol. The maximum atomic E-state index is 12.0. The molecule has 2 rings (SSSR count). The lowest BCUT2D eigenvalue weighted by atomic mass is 9.71. The Bertz CT molecular complexity index is 472. The van der Waals surface area contributed by atoms with Crippen molar-refractivity contribution in [1.82, 2.24) is 0 Å². The molecule has 0 aliphatic heterocycles. The molecule has 2 radical (unpaired) electrons. The number of hydrogen-bond donors (Lipinski definition) is 1. The molecule has 1 aromatic carbocycles. The van der Waals surface area contributed by atoms with Crippen LogP contribution in [-0.4, -0.2) is 13.6 Å². The smallest absolute Gasteiger partial charge is 0.172 e. The SMILES string of the molecule is [B]C1=CCCC(N)(c2ccccc2Cl)C1=O. The second kappa shape index (κ2) is 4.08. The van der Waals surface area contributed by atoms with Crippen molar-refractivity contribution in [1.29, 1.82) is 0 Å². The van der Waals surface area contributed by atoms with Crippen molar-refractivity contribution in [2.75, 3.05) is 0 Å². The van der Waals surface area contributed by atoms with Gasteiger partial charge in [-0.25, -0.2) is 0 Å². The Morgan fingerprint density at radius 1 is 1.38 bits per heavy atom. The third kappa shape index (κ3) is 1.70. The molecule has 0 amide bonds. The van der Waals surface area contributed by atoms with Crippen LogP contribution in [0.2, 0.25) is 5.02 Å². The minimum atomic E-state index is -1.07. The molecule has 1 aliphatic carbocycles. The van der Waals surface area contributed by atoms with Crippen LogP contribution >= 0.6 is 11.6 Å². The van der Waals surface area contributed by atoms with Gasteiger partial charge in [-0.2, -0.15) is 0 Å². The Hall–Kier alpha value is -1.06. The molecule has 2 nitrogen and oxygen atoms in total. The van der Waals surface area contributed by atoms with E-state index in [2.05, 4.69) is 0 Å². The average Bonchev–Trinajstić information content (AvgIpc) is 2.26. The zero-order valence-electron chi connectivity index (χ0n) is 8.74. The predicted octanol–water partition coefficient (Wildman–Crippen LogP) is 1.91. The summed E-state index contributed by atoms with van der Waals surface area (Å²) in [6, 6.07) is 7.13. The van der Waals surface area contributed by atoms with E-state index in [0.29, 0.717) is 23.4 Å². The summed E-state index contributed by atoms with van der Waals surface area (Å²) in [7, 11) is 5.63. The van der Waals surface area contributed by atoms with E-state index in [0.717, 1.165) is 0 Å². The second-order valence-electron chi connectivity index (χ2n) is 3.98. The monoisotopic (exact) mass is 231 g/mol. The number of hydrogen-bond acceptors (Lipinski definition) is 2. The maximum absolute atomic E-state index is 12.0. The molecular formula is C12H11BClNO. The van der Waals surface area contributed by atoms with Crippen LogP contribution in [-0.2, 0) is 10.3 Å². The highest BCUT2D eigenvalue weighted by Gasteiger charge is 2.38. The van der Waals surface area contributed by atoms with Gasteiger partial charge in [0.1, 0.15) is 13.4 Å². The van der Waals surface area contributed by atoms with Crippen LogP contribution in [0.25, 0.3) is 0 Å². The van der Waals surface area contributed by atoms with Crippen molar-refractivity contribution in [3.63, 3.8) is 0 Å². The Balaban J connectivity index is 2.51. The number of carbonyl (C=O) groups excluding carboxylic acids is 1. The van der Waals surface area contributed by atoms with E-state index in [1.165, 1.54) is 0 Å². The van der Waals surface area contributed by atoms with Crippen LogP contribution in [0.1, 0.15) is 18.4 Å². The minimum absolute atomic E-state index is 0.230. The molecule has 1 aromatic rings. The molecule has 16 heavy (non-hydrogen) atoms. The molecule has 0 fully saturated rings. The highest BCUT2D eigenvalue weighted by molar-refractivity contribution is 6.39. The predicted molar refractivity (Wildman–Crippen MR) is 65.4 cm³/mol. The molecule has 1 unspecified atom stereocenters. The topological polar surface area (TPSA) is 43.1 Å². The first kappa shape index (κ1) is 11.4. The Kier molecular flexibility index (Phi) is 2.91. The lowest BCUT2D eigenvalue weighted by molar-refractivity contribution is -0.120. The number of allylic oxidation sites excluding steroid dienone is 1. The summed E-state index contributed by atoms with van der Waals surface area (Å²) >= 11 is 6.07. The van der Waals surface area contributed by atoms with Gasteiger partial charge in [0, 0.05) is 5.02 Å². The first-order chi connectivity index (χ1) is 7.55. The van der Waals surface area contributed by atoms with Crippen LogP contribution in [0.3, 0.4) is 0 Å². The highest BCUT2D eigenvalue weighted by Crippen LogP contribution is 2.34. The van der Waals surface area contributed by atoms with E-state index >= 15 is 0 Å². The summed E-state index contributed by atoms with van der Waals surface area (Å²) in [5.41, 5.74) is 5.97. The van der Waals surface area contributed by atoms with Crippen LogP contribution in [0, 0.1) is 0 Å². The summed E-state index contributed by atoms with van der Waals surface area (Å²) in [4.78, 5) is 12.0. The quantitative estimate of drug-likeness (QED) is 0.750. The fourth-order valence-electron chi connectivity index (χ4n) is 2.00. The summed E-state index contributed by atoms with van der Waals surface area (Å²) in [6.45, 7) is 0. The largest absolute Gasteiger partial charge is 0.315 e. The molecule has 0 saturated heterocycles. The van der Waals surface area contributed by atoms with Crippen LogP contribution in [0.5, 0.6) is 0 Å². The van der Waals surface area contributed by atoms with E-state index < -0.39 is 5.54 Å². The molecule has 0 aromatic heterocycles. The molecule has 1 aliphatic rings. The van der Waals surface area contributed by atoms with Gasteiger partial charge in [-0.15, -0.1) is 0 Å². The van der Waals surface area contributed by atoms with Gasteiger partial charge < -0.3 is 5.73 Å². The van der Waals surface area contributed by atoms with E-state index in [9.17, 15) is 4.79 Å². The van der Waals surface area contributed by atoms with Gasteiger partial charge in [0.2, 0.25) is 0 Å². The number of benzene rings is 1. The fourth-order valence-corrected chi connectivity index (χ4v) is 2.30. The first-order valence-electron chi connectivity index (χ1n) is 5.10. The third-order valence-electron chi connectivity index (χ3n) is 2.92. The summed E-state index contributed by atoms with van der Waals surface area (Å²) in [6.07, 6.45) is 2.94. The van der Waals surface area contributed by atoms with Gasteiger partial charge in [0.05, 0.1) is 0 Å².